The third-order valence-electron chi connectivity index (χ3n) is 2.22. The Morgan fingerprint density at radius 2 is 1.83 bits per heavy atom. The van der Waals surface area contributed by atoms with Gasteiger partial charge in [0.1, 0.15) is 6.54 Å². The Labute approximate surface area is 104 Å². The summed E-state index contributed by atoms with van der Waals surface area (Å²) in [6.45, 7) is 3.39. The highest BCUT2D eigenvalue weighted by Crippen LogP contribution is 2.11. The van der Waals surface area contributed by atoms with Crippen LogP contribution in [0.15, 0.2) is 0 Å². The molecular weight excluding hydrogens is 240 g/mol. The molecule has 0 unspecified atom stereocenters. The van der Waals surface area contributed by atoms with Gasteiger partial charge in [-0.1, -0.05) is 13.8 Å². The quantitative estimate of drug-likeness (QED) is 0.685. The summed E-state index contributed by atoms with van der Waals surface area (Å²) in [4.78, 5) is 49.4. The third-order valence-corrected chi connectivity index (χ3v) is 2.22. The Balaban J connectivity index is 2.31. The molecule has 7 nitrogen and oxygen atoms in total. The molecule has 0 aliphatic carbocycles. The van der Waals surface area contributed by atoms with Gasteiger partial charge in [-0.05, 0) is 5.92 Å². The number of nitrogens with zero attached hydrogens (tertiary/aromatic N) is 1. The predicted molar refractivity (Wildman–Crippen MR) is 59.6 cm³/mol. The lowest BCUT2D eigenvalue weighted by atomic mass is 10.1. The molecule has 0 spiro atoms. The summed E-state index contributed by atoms with van der Waals surface area (Å²) in [7, 11) is 0. The van der Waals surface area contributed by atoms with Gasteiger partial charge in [0.05, 0.1) is 0 Å². The highest BCUT2D eigenvalue weighted by atomic mass is 16.7. The van der Waals surface area contributed by atoms with Crippen molar-refractivity contribution < 1.29 is 24.0 Å². The minimum absolute atomic E-state index is 0.0474. The number of amides is 3. The molecule has 0 aromatic carbocycles. The zero-order chi connectivity index (χ0) is 13.7. The van der Waals surface area contributed by atoms with Crippen LogP contribution >= 0.6 is 0 Å². The van der Waals surface area contributed by atoms with Crippen LogP contribution in [0.5, 0.6) is 0 Å². The number of carbonyl (C=O) groups excluding carboxylic acids is 4. The molecule has 1 fully saturated rings. The Bertz CT molecular complexity index is 362. The highest BCUT2D eigenvalue weighted by molar-refractivity contribution is 6.01. The summed E-state index contributed by atoms with van der Waals surface area (Å²) in [5.74, 6) is -2.01. The second-order valence-electron chi connectivity index (χ2n) is 4.42. The lowest BCUT2D eigenvalue weighted by molar-refractivity contribution is -0.196. The topological polar surface area (TPSA) is 92.8 Å². The van der Waals surface area contributed by atoms with Crippen LogP contribution in [-0.2, 0) is 24.0 Å². The summed E-state index contributed by atoms with van der Waals surface area (Å²) in [5, 5.41) is 2.81. The average molecular weight is 256 g/mol. The minimum Gasteiger partial charge on any atom is -0.345 e. The van der Waals surface area contributed by atoms with Crippen molar-refractivity contribution in [2.24, 2.45) is 5.92 Å². The van der Waals surface area contributed by atoms with E-state index in [1.54, 1.807) is 0 Å². The molecule has 1 rings (SSSR count). The predicted octanol–water partition coefficient (Wildman–Crippen LogP) is -0.244. The van der Waals surface area contributed by atoms with Crippen LogP contribution < -0.4 is 5.32 Å². The number of nitrogens with one attached hydrogen (secondary N) is 1. The maximum Gasteiger partial charge on any atom is 0.352 e. The van der Waals surface area contributed by atoms with Crippen molar-refractivity contribution in [3.8, 4) is 0 Å². The summed E-state index contributed by atoms with van der Waals surface area (Å²) in [6.07, 6.45) is 0.395. The Hall–Kier alpha value is -1.92. The fraction of sp³-hybridized carbons (Fsp3) is 0.636. The zero-order valence-electron chi connectivity index (χ0n) is 10.4. The Morgan fingerprint density at radius 3 is 2.33 bits per heavy atom. The molecule has 100 valence electrons. The molecule has 3 amide bonds. The molecule has 0 radical (unpaired) electrons. The van der Waals surface area contributed by atoms with E-state index in [9.17, 15) is 19.2 Å². The monoisotopic (exact) mass is 256 g/mol. The zero-order valence-corrected chi connectivity index (χ0v) is 10.4. The standard InChI is InChI=1S/C11H16N2O5/c1-7(2)5-8(14)12-6-11(17)18-13-9(15)3-4-10(13)16/h7H,3-6H2,1-2H3,(H,12,14). The normalized spacial score (nSPS) is 15.2. The first kappa shape index (κ1) is 14.1. The first-order chi connectivity index (χ1) is 8.40. The van der Waals surface area contributed by atoms with Gasteiger partial charge in [-0.2, -0.15) is 0 Å². The number of rotatable bonds is 5. The van der Waals surface area contributed by atoms with Crippen LogP contribution in [0.4, 0.5) is 0 Å². The highest BCUT2D eigenvalue weighted by Gasteiger charge is 2.32. The number of hydroxylamine groups is 2. The van der Waals surface area contributed by atoms with Gasteiger partial charge in [-0.25, -0.2) is 4.79 Å². The van der Waals surface area contributed by atoms with Crippen LogP contribution in [0.25, 0.3) is 0 Å². The number of hydrogen-bond acceptors (Lipinski definition) is 5. The summed E-state index contributed by atoms with van der Waals surface area (Å²) in [5.41, 5.74) is 0. The number of carbonyl (C=O) groups is 4. The van der Waals surface area contributed by atoms with E-state index >= 15 is 0 Å². The van der Waals surface area contributed by atoms with Crippen molar-refractivity contribution in [1.82, 2.24) is 10.4 Å². The molecule has 0 aromatic rings. The minimum atomic E-state index is -0.837. The van der Waals surface area contributed by atoms with Crippen molar-refractivity contribution >= 4 is 23.7 Å². The fourth-order valence-electron chi connectivity index (χ4n) is 1.41. The lowest BCUT2D eigenvalue weighted by Crippen LogP contribution is -2.37. The van der Waals surface area contributed by atoms with Gasteiger partial charge in [0, 0.05) is 19.3 Å². The van der Waals surface area contributed by atoms with Gasteiger partial charge >= 0.3 is 5.97 Å². The molecule has 1 N–H and O–H groups in total. The molecule has 0 bridgehead atoms. The average Bonchev–Trinajstić information content (AvgIpc) is 2.57. The van der Waals surface area contributed by atoms with Crippen LogP contribution in [0, 0.1) is 5.92 Å². The van der Waals surface area contributed by atoms with Crippen molar-refractivity contribution in [3.63, 3.8) is 0 Å². The van der Waals surface area contributed by atoms with E-state index in [0.29, 0.717) is 11.5 Å². The van der Waals surface area contributed by atoms with Gasteiger partial charge < -0.3 is 10.2 Å². The van der Waals surface area contributed by atoms with Crippen LogP contribution in [0.2, 0.25) is 0 Å². The van der Waals surface area contributed by atoms with E-state index in [4.69, 9.17) is 0 Å². The molecule has 1 heterocycles. The Kier molecular flexibility index (Phi) is 4.82. The first-order valence-corrected chi connectivity index (χ1v) is 5.73. The fourth-order valence-corrected chi connectivity index (χ4v) is 1.41. The smallest absolute Gasteiger partial charge is 0.345 e. The Morgan fingerprint density at radius 1 is 1.28 bits per heavy atom. The number of imide groups is 1. The van der Waals surface area contributed by atoms with Crippen molar-refractivity contribution in [2.75, 3.05) is 6.54 Å². The third kappa shape index (κ3) is 4.15. The molecular formula is C11H16N2O5. The molecule has 0 saturated carbocycles. The molecule has 1 aliphatic rings. The van der Waals surface area contributed by atoms with E-state index in [0.717, 1.165) is 0 Å². The van der Waals surface area contributed by atoms with E-state index in [-0.39, 0.29) is 31.2 Å². The van der Waals surface area contributed by atoms with Crippen LogP contribution in [-0.4, -0.2) is 35.3 Å². The molecule has 7 heteroatoms. The van der Waals surface area contributed by atoms with E-state index in [1.807, 2.05) is 13.8 Å². The second kappa shape index (κ2) is 6.13. The van der Waals surface area contributed by atoms with Gasteiger partial charge in [0.2, 0.25) is 5.91 Å². The maximum atomic E-state index is 11.3. The summed E-state index contributed by atoms with van der Waals surface area (Å²) >= 11 is 0. The molecule has 0 aromatic heterocycles. The first-order valence-electron chi connectivity index (χ1n) is 5.73. The SMILES string of the molecule is CC(C)CC(=O)NCC(=O)ON1C(=O)CCC1=O. The summed E-state index contributed by atoms with van der Waals surface area (Å²) < 4.78 is 0. The molecule has 1 saturated heterocycles. The van der Waals surface area contributed by atoms with Crippen LogP contribution in [0.3, 0.4) is 0 Å². The lowest BCUT2D eigenvalue weighted by Gasteiger charge is -2.13. The number of hydrogen-bond donors (Lipinski definition) is 1. The molecule has 18 heavy (non-hydrogen) atoms. The van der Waals surface area contributed by atoms with Crippen molar-refractivity contribution in [3.05, 3.63) is 0 Å². The van der Waals surface area contributed by atoms with E-state index < -0.39 is 17.8 Å². The molecule has 0 atom stereocenters. The van der Waals surface area contributed by atoms with Crippen molar-refractivity contribution in [1.29, 1.82) is 0 Å². The largest absolute Gasteiger partial charge is 0.352 e. The maximum absolute atomic E-state index is 11.3. The van der Waals surface area contributed by atoms with E-state index in [1.165, 1.54) is 0 Å². The molecule has 1 aliphatic heterocycles. The van der Waals surface area contributed by atoms with Gasteiger partial charge in [-0.15, -0.1) is 5.06 Å². The van der Waals surface area contributed by atoms with Gasteiger partial charge in [0.15, 0.2) is 0 Å². The summed E-state index contributed by atoms with van der Waals surface area (Å²) in [6, 6.07) is 0. The van der Waals surface area contributed by atoms with Crippen LogP contribution in [0.1, 0.15) is 33.1 Å². The second-order valence-corrected chi connectivity index (χ2v) is 4.42. The van der Waals surface area contributed by atoms with Crippen molar-refractivity contribution in [2.45, 2.75) is 33.1 Å². The van der Waals surface area contributed by atoms with Gasteiger partial charge in [0.25, 0.3) is 11.8 Å². The van der Waals surface area contributed by atoms with E-state index in [2.05, 4.69) is 10.2 Å². The van der Waals surface area contributed by atoms with Gasteiger partial charge in [-0.3, -0.25) is 14.4 Å².